The maximum Gasteiger partial charge on any atom is 0.138 e. The monoisotopic (exact) mass is 531 g/mol. The van der Waals surface area contributed by atoms with Gasteiger partial charge in [0.15, 0.2) is 0 Å². The van der Waals surface area contributed by atoms with Crippen LogP contribution in [-0.2, 0) is 17.2 Å². The average molecular weight is 533 g/mol. The van der Waals surface area contributed by atoms with Crippen molar-refractivity contribution in [3.8, 4) is 0 Å². The highest BCUT2D eigenvalue weighted by atomic mass is 35.5. The maximum absolute atomic E-state index is 6.33. The number of H-pyrrole nitrogens is 2. The molecule has 6 nitrogen and oxygen atoms in total. The number of ether oxygens (including phenoxy) is 1. The van der Waals surface area contributed by atoms with Gasteiger partial charge in [-0.1, -0.05) is 23.2 Å². The molecule has 1 saturated heterocycles. The van der Waals surface area contributed by atoms with E-state index < -0.39 is 0 Å². The molecule has 3 aliphatic rings. The van der Waals surface area contributed by atoms with Crippen molar-refractivity contribution in [3.63, 3.8) is 0 Å². The van der Waals surface area contributed by atoms with E-state index >= 15 is 0 Å². The third-order valence-electron chi connectivity index (χ3n) is 6.92. The number of halogens is 3. The number of rotatable bonds is 5. The van der Waals surface area contributed by atoms with Gasteiger partial charge in [0, 0.05) is 65.0 Å². The Kier molecular flexibility index (Phi) is 6.67. The Hall–Kier alpha value is -1.83. The Morgan fingerprint density at radius 2 is 1.31 bits per heavy atom. The molecule has 0 amide bonds. The van der Waals surface area contributed by atoms with Crippen LogP contribution in [-0.4, -0.2) is 51.1 Å². The van der Waals surface area contributed by atoms with Gasteiger partial charge in [-0.3, -0.25) is 4.90 Å². The lowest BCUT2D eigenvalue weighted by Crippen LogP contribution is -2.35. The zero-order chi connectivity index (χ0) is 23.9. The summed E-state index contributed by atoms with van der Waals surface area (Å²) in [5.41, 5.74) is 6.61. The summed E-state index contributed by atoms with van der Waals surface area (Å²) >= 11 is 18.2. The van der Waals surface area contributed by atoms with Crippen molar-refractivity contribution in [2.75, 3.05) is 26.3 Å². The summed E-state index contributed by atoms with van der Waals surface area (Å²) in [4.78, 5) is 18.1. The molecule has 2 N–H and O–H groups in total. The van der Waals surface area contributed by atoms with Gasteiger partial charge in [0.2, 0.25) is 0 Å². The number of nitrogens with one attached hydrogen (secondary N) is 2. The first-order valence-corrected chi connectivity index (χ1v) is 13.6. The van der Waals surface area contributed by atoms with Crippen LogP contribution < -0.4 is 0 Å². The number of hydrogen-bond donors (Lipinski definition) is 2. The highest BCUT2D eigenvalue weighted by Gasteiger charge is 2.27. The molecule has 7 rings (SSSR count). The van der Waals surface area contributed by atoms with E-state index in [1.54, 1.807) is 0 Å². The Morgan fingerprint density at radius 3 is 1.83 bits per heavy atom. The molecule has 9 heteroatoms. The molecule has 0 aromatic carbocycles. The minimum Gasteiger partial charge on any atom is -0.379 e. The van der Waals surface area contributed by atoms with Crippen molar-refractivity contribution < 1.29 is 4.74 Å². The molecule has 4 aromatic heterocycles. The molecular weight excluding hydrogens is 505 g/mol. The second-order valence-corrected chi connectivity index (χ2v) is 10.7. The standard InChI is InChI=1S/C15H18ClN3O.C11H10Cl2N2/c16-15-12-7-11(9-19-3-5-20-6-4-19)17-14(12)8-13(18-15)10-1-2-10;12-5-7-3-8-10(14-7)4-9(6-1-2-6)15-11(8)13/h7-8,10,17H,1-6,9H2;3-4,6,14H,1-2,5H2. The molecule has 3 fully saturated rings. The second-order valence-electron chi connectivity index (χ2n) is 9.76. The zero-order valence-corrected chi connectivity index (χ0v) is 21.7. The quantitative estimate of drug-likeness (QED) is 0.220. The number of hydrogen-bond acceptors (Lipinski definition) is 4. The molecule has 184 valence electrons. The van der Waals surface area contributed by atoms with Crippen molar-refractivity contribution in [3.05, 3.63) is 57.3 Å². The molecule has 0 radical (unpaired) electrons. The lowest BCUT2D eigenvalue weighted by molar-refractivity contribution is 0.0337. The van der Waals surface area contributed by atoms with Crippen LogP contribution in [0.4, 0.5) is 0 Å². The average Bonchev–Trinajstić information content (AvgIpc) is 3.79. The van der Waals surface area contributed by atoms with Gasteiger partial charge in [-0.15, -0.1) is 11.6 Å². The summed E-state index contributed by atoms with van der Waals surface area (Å²) in [5.74, 6) is 1.72. The van der Waals surface area contributed by atoms with Crippen LogP contribution in [0, 0.1) is 0 Å². The minimum atomic E-state index is 0.476. The van der Waals surface area contributed by atoms with Crippen molar-refractivity contribution in [1.29, 1.82) is 0 Å². The number of aromatic nitrogens is 4. The molecule has 0 atom stereocenters. The van der Waals surface area contributed by atoms with Crippen molar-refractivity contribution in [1.82, 2.24) is 24.8 Å². The fraction of sp³-hybridized carbons (Fsp3) is 0.462. The molecular formula is C26H28Cl3N5O. The minimum absolute atomic E-state index is 0.476. The van der Waals surface area contributed by atoms with Crippen LogP contribution in [0.1, 0.15) is 60.3 Å². The van der Waals surface area contributed by atoms with Gasteiger partial charge in [-0.2, -0.15) is 0 Å². The highest BCUT2D eigenvalue weighted by Crippen LogP contribution is 2.41. The third-order valence-corrected chi connectivity index (χ3v) is 7.79. The first-order valence-electron chi connectivity index (χ1n) is 12.3. The SMILES string of the molecule is ClCc1cc2c(Cl)nc(C3CC3)cc2[nH]1.Clc1nc(C2CC2)cc2[nH]c(CN3CCOCC3)cc12. The first kappa shape index (κ1) is 23.6. The molecule has 0 unspecified atom stereocenters. The van der Waals surface area contributed by atoms with E-state index in [9.17, 15) is 0 Å². The van der Waals surface area contributed by atoms with Crippen LogP contribution in [0.2, 0.25) is 10.3 Å². The maximum atomic E-state index is 6.33. The number of pyridine rings is 2. The largest absolute Gasteiger partial charge is 0.379 e. The number of alkyl halides is 1. The summed E-state index contributed by atoms with van der Waals surface area (Å²) in [5, 5.41) is 3.23. The van der Waals surface area contributed by atoms with Crippen LogP contribution in [0.25, 0.3) is 21.8 Å². The lowest BCUT2D eigenvalue weighted by atomic mass is 10.2. The van der Waals surface area contributed by atoms with Crippen LogP contribution >= 0.6 is 34.8 Å². The second kappa shape index (κ2) is 9.91. The Morgan fingerprint density at radius 1 is 0.800 bits per heavy atom. The third kappa shape index (κ3) is 5.32. The smallest absolute Gasteiger partial charge is 0.138 e. The summed E-state index contributed by atoms with van der Waals surface area (Å²) < 4.78 is 5.38. The van der Waals surface area contributed by atoms with Gasteiger partial charge in [0.25, 0.3) is 0 Å². The van der Waals surface area contributed by atoms with E-state index in [2.05, 4.69) is 43.0 Å². The van der Waals surface area contributed by atoms with E-state index in [0.717, 1.165) is 71.7 Å². The lowest BCUT2D eigenvalue weighted by Gasteiger charge is -2.25. The predicted octanol–water partition coefficient (Wildman–Crippen LogP) is 6.76. The molecule has 35 heavy (non-hydrogen) atoms. The van der Waals surface area contributed by atoms with Crippen molar-refractivity contribution in [2.45, 2.75) is 49.9 Å². The van der Waals surface area contributed by atoms with Crippen molar-refractivity contribution in [2.24, 2.45) is 0 Å². The molecule has 1 aliphatic heterocycles. The van der Waals surface area contributed by atoms with Gasteiger partial charge in [0.05, 0.1) is 30.1 Å². The molecule has 4 aromatic rings. The summed E-state index contributed by atoms with van der Waals surface area (Å²) in [6, 6.07) is 8.36. The summed E-state index contributed by atoms with van der Waals surface area (Å²) in [6.07, 6.45) is 4.96. The number of morpholine rings is 1. The van der Waals surface area contributed by atoms with E-state index in [1.807, 2.05) is 6.07 Å². The number of aromatic amines is 2. The fourth-order valence-corrected chi connectivity index (χ4v) is 5.32. The number of nitrogens with zero attached hydrogens (tertiary/aromatic N) is 3. The van der Waals surface area contributed by atoms with E-state index in [-0.39, 0.29) is 0 Å². The Bertz CT molecular complexity index is 1350. The van der Waals surface area contributed by atoms with Gasteiger partial charge in [-0.05, 0) is 49.9 Å². The van der Waals surface area contributed by atoms with Crippen molar-refractivity contribution >= 4 is 56.6 Å². The van der Waals surface area contributed by atoms with Gasteiger partial charge in [0.1, 0.15) is 10.3 Å². The molecule has 0 spiro atoms. The first-order chi connectivity index (χ1) is 17.1. The van der Waals surface area contributed by atoms with Gasteiger partial charge >= 0.3 is 0 Å². The normalized spacial score (nSPS) is 18.7. The molecule has 0 bridgehead atoms. The van der Waals surface area contributed by atoms with E-state index in [0.29, 0.717) is 28.0 Å². The molecule has 2 aliphatic carbocycles. The van der Waals surface area contributed by atoms with E-state index in [4.69, 9.17) is 39.5 Å². The molecule has 2 saturated carbocycles. The number of fused-ring (bicyclic) bond motifs is 2. The summed E-state index contributed by atoms with van der Waals surface area (Å²) in [6.45, 7) is 4.57. The van der Waals surface area contributed by atoms with Gasteiger partial charge in [-0.25, -0.2) is 9.97 Å². The zero-order valence-electron chi connectivity index (χ0n) is 19.4. The highest BCUT2D eigenvalue weighted by molar-refractivity contribution is 6.34. The fourth-order valence-electron chi connectivity index (χ4n) is 4.67. The van der Waals surface area contributed by atoms with Gasteiger partial charge < -0.3 is 14.7 Å². The molecule has 5 heterocycles. The topological polar surface area (TPSA) is 69.8 Å². The van der Waals surface area contributed by atoms with Crippen LogP contribution in [0.5, 0.6) is 0 Å². The van der Waals surface area contributed by atoms with E-state index in [1.165, 1.54) is 31.4 Å². The van der Waals surface area contributed by atoms with Crippen LogP contribution in [0.15, 0.2) is 24.3 Å². The summed E-state index contributed by atoms with van der Waals surface area (Å²) in [7, 11) is 0. The Labute approximate surface area is 219 Å². The predicted molar refractivity (Wildman–Crippen MR) is 142 cm³/mol. The Balaban J connectivity index is 0.000000136. The van der Waals surface area contributed by atoms with Crippen LogP contribution in [0.3, 0.4) is 0 Å².